The van der Waals surface area contributed by atoms with Crippen LogP contribution in [0.5, 0.6) is 5.75 Å². The molecule has 7 heteroatoms. The van der Waals surface area contributed by atoms with Gasteiger partial charge in [-0.2, -0.15) is 5.06 Å². The van der Waals surface area contributed by atoms with Gasteiger partial charge in [-0.15, -0.1) is 0 Å². The molecule has 2 heterocycles. The van der Waals surface area contributed by atoms with Crippen LogP contribution in [0.25, 0.3) is 0 Å². The molecule has 0 aliphatic carbocycles. The quantitative estimate of drug-likeness (QED) is 0.464. The van der Waals surface area contributed by atoms with E-state index in [0.717, 1.165) is 19.3 Å². The van der Waals surface area contributed by atoms with Crippen LogP contribution in [0.3, 0.4) is 0 Å². The third-order valence-electron chi connectivity index (χ3n) is 3.03. The van der Waals surface area contributed by atoms with Crippen LogP contribution in [-0.2, 0) is 0 Å². The van der Waals surface area contributed by atoms with Crippen molar-refractivity contribution in [2.45, 2.75) is 25.3 Å². The zero-order valence-electron chi connectivity index (χ0n) is 10.7. The van der Waals surface area contributed by atoms with Crippen molar-refractivity contribution in [1.29, 1.82) is 0 Å². The Morgan fingerprint density at radius 3 is 3.11 bits per heavy atom. The molecule has 1 aromatic heterocycles. The molecule has 0 saturated carbocycles. The molecule has 2 rings (SSSR count). The van der Waals surface area contributed by atoms with Crippen LogP contribution in [0.4, 0.5) is 5.82 Å². The fraction of sp³-hybridized carbons (Fsp3) is 0.500. The summed E-state index contributed by atoms with van der Waals surface area (Å²) in [6.07, 6.45) is 4.08. The molecule has 1 atom stereocenters. The number of aliphatic imine (C=N–C) groups is 1. The first-order valence-electron chi connectivity index (χ1n) is 6.33. The van der Waals surface area contributed by atoms with Crippen LogP contribution < -0.4 is 11.1 Å². The second-order valence-electron chi connectivity index (χ2n) is 4.55. The molecular weight excluding hydrogens is 246 g/mol. The third kappa shape index (κ3) is 4.08. The molecule has 1 saturated heterocycles. The standard InChI is InChI=1S/C12H19N5O2/c13-12(16-11-10(18)4-1-6-14-11)15-9-3-2-7-17(19)8-5-9/h1,4,6,9,18-19H,2-3,5,7-8H2,(H3,13,14,15,16). The van der Waals surface area contributed by atoms with E-state index in [0.29, 0.717) is 18.9 Å². The van der Waals surface area contributed by atoms with Crippen LogP contribution in [0.15, 0.2) is 23.3 Å². The average molecular weight is 265 g/mol. The molecule has 0 radical (unpaired) electrons. The number of hydrogen-bond acceptors (Lipinski definition) is 5. The number of guanidine groups is 1. The van der Waals surface area contributed by atoms with Gasteiger partial charge in [0.1, 0.15) is 0 Å². The number of rotatable bonds is 2. The van der Waals surface area contributed by atoms with Crippen LogP contribution in [0.2, 0.25) is 0 Å². The molecule has 0 bridgehead atoms. The first-order valence-corrected chi connectivity index (χ1v) is 6.33. The Labute approximate surface area is 111 Å². The van der Waals surface area contributed by atoms with E-state index in [9.17, 15) is 10.3 Å². The lowest BCUT2D eigenvalue weighted by Gasteiger charge is -2.12. The number of hydrogen-bond donors (Lipinski definition) is 4. The molecule has 1 aliphatic rings. The summed E-state index contributed by atoms with van der Waals surface area (Å²) in [7, 11) is 0. The van der Waals surface area contributed by atoms with Crippen LogP contribution in [-0.4, -0.2) is 45.5 Å². The first-order chi connectivity index (χ1) is 9.15. The summed E-state index contributed by atoms with van der Waals surface area (Å²) < 4.78 is 0. The highest BCUT2D eigenvalue weighted by Gasteiger charge is 2.15. The van der Waals surface area contributed by atoms with Gasteiger partial charge >= 0.3 is 0 Å². The summed E-state index contributed by atoms with van der Waals surface area (Å²) in [5.74, 6) is 0.551. The first kappa shape index (κ1) is 13.6. The average Bonchev–Trinajstić information content (AvgIpc) is 2.57. The van der Waals surface area contributed by atoms with Crippen molar-refractivity contribution in [1.82, 2.24) is 10.0 Å². The van der Waals surface area contributed by atoms with Crippen LogP contribution in [0, 0.1) is 0 Å². The summed E-state index contributed by atoms with van der Waals surface area (Å²) in [5, 5.41) is 23.1. The minimum absolute atomic E-state index is 0.0306. The maximum absolute atomic E-state index is 9.57. The van der Waals surface area contributed by atoms with E-state index < -0.39 is 0 Å². The van der Waals surface area contributed by atoms with Crippen LogP contribution >= 0.6 is 0 Å². The topological polar surface area (TPSA) is 107 Å². The van der Waals surface area contributed by atoms with Crippen molar-refractivity contribution in [3.8, 4) is 5.75 Å². The maximum Gasteiger partial charge on any atom is 0.194 e. The summed E-state index contributed by atoms with van der Waals surface area (Å²) >= 11 is 0. The van der Waals surface area contributed by atoms with E-state index in [1.807, 2.05) is 0 Å². The van der Waals surface area contributed by atoms with Gasteiger partial charge in [0.2, 0.25) is 0 Å². The molecule has 1 unspecified atom stereocenters. The lowest BCUT2D eigenvalue weighted by atomic mass is 10.1. The molecule has 104 valence electrons. The van der Waals surface area contributed by atoms with Gasteiger partial charge < -0.3 is 21.4 Å². The number of anilines is 1. The molecule has 0 spiro atoms. The van der Waals surface area contributed by atoms with Crippen molar-refractivity contribution in [2.75, 3.05) is 18.4 Å². The van der Waals surface area contributed by atoms with Crippen molar-refractivity contribution in [2.24, 2.45) is 10.7 Å². The SMILES string of the molecule is NC(=NC1CCCN(O)CC1)Nc1ncccc1O. The number of aromatic nitrogens is 1. The highest BCUT2D eigenvalue weighted by atomic mass is 16.5. The zero-order chi connectivity index (χ0) is 13.7. The largest absolute Gasteiger partial charge is 0.504 e. The maximum atomic E-state index is 9.57. The normalized spacial score (nSPS) is 21.9. The van der Waals surface area contributed by atoms with E-state index in [4.69, 9.17) is 5.73 Å². The van der Waals surface area contributed by atoms with E-state index in [1.54, 1.807) is 12.3 Å². The predicted molar refractivity (Wildman–Crippen MR) is 72.1 cm³/mol. The Kier molecular flexibility index (Phi) is 4.53. The van der Waals surface area contributed by atoms with E-state index in [-0.39, 0.29) is 17.8 Å². The number of nitrogens with zero attached hydrogens (tertiary/aromatic N) is 3. The Morgan fingerprint density at radius 1 is 1.47 bits per heavy atom. The smallest absolute Gasteiger partial charge is 0.194 e. The summed E-state index contributed by atoms with van der Waals surface area (Å²) in [6, 6.07) is 3.24. The number of nitrogens with one attached hydrogen (secondary N) is 1. The van der Waals surface area contributed by atoms with Gasteiger partial charge in [0.25, 0.3) is 0 Å². The molecule has 1 aliphatic heterocycles. The molecule has 5 N–H and O–H groups in total. The fourth-order valence-electron chi connectivity index (χ4n) is 2.04. The van der Waals surface area contributed by atoms with Gasteiger partial charge in [-0.25, -0.2) is 9.98 Å². The highest BCUT2D eigenvalue weighted by Crippen LogP contribution is 2.18. The Bertz CT molecular complexity index is 452. The Morgan fingerprint density at radius 2 is 2.32 bits per heavy atom. The van der Waals surface area contributed by atoms with Crippen LogP contribution in [0.1, 0.15) is 19.3 Å². The van der Waals surface area contributed by atoms with Gasteiger partial charge in [-0.1, -0.05) is 0 Å². The zero-order valence-corrected chi connectivity index (χ0v) is 10.7. The Hall–Kier alpha value is -1.86. The lowest BCUT2D eigenvalue weighted by Crippen LogP contribution is -2.26. The van der Waals surface area contributed by atoms with Gasteiger partial charge in [0.05, 0.1) is 6.04 Å². The van der Waals surface area contributed by atoms with Crippen molar-refractivity contribution < 1.29 is 10.3 Å². The summed E-state index contributed by atoms with van der Waals surface area (Å²) in [6.45, 7) is 1.26. The molecule has 19 heavy (non-hydrogen) atoms. The minimum atomic E-state index is 0.0306. The van der Waals surface area contributed by atoms with E-state index in [1.165, 1.54) is 11.1 Å². The number of hydroxylamine groups is 2. The predicted octanol–water partition coefficient (Wildman–Crippen LogP) is 0.757. The minimum Gasteiger partial charge on any atom is -0.504 e. The van der Waals surface area contributed by atoms with Gasteiger partial charge in [0.15, 0.2) is 17.5 Å². The van der Waals surface area contributed by atoms with E-state index >= 15 is 0 Å². The highest BCUT2D eigenvalue weighted by molar-refractivity contribution is 5.92. The second-order valence-corrected chi connectivity index (χ2v) is 4.55. The summed E-state index contributed by atoms with van der Waals surface area (Å²) in [5.41, 5.74) is 5.80. The fourth-order valence-corrected chi connectivity index (χ4v) is 2.04. The van der Waals surface area contributed by atoms with Crippen molar-refractivity contribution in [3.63, 3.8) is 0 Å². The van der Waals surface area contributed by atoms with Crippen molar-refractivity contribution in [3.05, 3.63) is 18.3 Å². The second kappa shape index (κ2) is 6.35. The number of pyridine rings is 1. The lowest BCUT2D eigenvalue weighted by molar-refractivity contribution is -0.0875. The van der Waals surface area contributed by atoms with Gasteiger partial charge in [-0.05, 0) is 31.4 Å². The molecular formula is C12H19N5O2. The molecule has 0 aromatic carbocycles. The molecule has 1 fully saturated rings. The van der Waals surface area contributed by atoms with E-state index in [2.05, 4.69) is 15.3 Å². The molecule has 0 amide bonds. The van der Waals surface area contributed by atoms with Gasteiger partial charge in [0, 0.05) is 19.3 Å². The number of aromatic hydroxyl groups is 1. The molecule has 7 nitrogen and oxygen atoms in total. The Balaban J connectivity index is 1.97. The molecule has 1 aromatic rings. The van der Waals surface area contributed by atoms with Gasteiger partial charge in [-0.3, -0.25) is 0 Å². The third-order valence-corrected chi connectivity index (χ3v) is 3.03. The summed E-state index contributed by atoms with van der Waals surface area (Å²) in [4.78, 5) is 8.33. The van der Waals surface area contributed by atoms with Crippen molar-refractivity contribution >= 4 is 11.8 Å². The monoisotopic (exact) mass is 265 g/mol. The number of nitrogens with two attached hydrogens (primary N) is 1.